The zero-order valence-corrected chi connectivity index (χ0v) is 22.2. The van der Waals surface area contributed by atoms with Crippen LogP contribution in [0.25, 0.3) is 0 Å². The number of methoxy groups -OCH3 is 2. The fourth-order valence-corrected chi connectivity index (χ4v) is 5.66. The smallest absolute Gasteiger partial charge is 0.343 e. The van der Waals surface area contributed by atoms with Crippen LogP contribution in [0.4, 0.5) is 0 Å². The van der Waals surface area contributed by atoms with Gasteiger partial charge in [-0.1, -0.05) is 54.6 Å². The van der Waals surface area contributed by atoms with Gasteiger partial charge in [0.1, 0.15) is 6.61 Å². The Morgan fingerprint density at radius 3 is 2.36 bits per heavy atom. The molecular weight excluding hydrogens is 490 g/mol. The predicted molar refractivity (Wildman–Crippen MR) is 149 cm³/mol. The second-order valence-electron chi connectivity index (χ2n) is 9.91. The number of hydrogen-bond acceptors (Lipinski definition) is 6. The highest BCUT2D eigenvalue weighted by Crippen LogP contribution is 2.46. The monoisotopic (exact) mass is 521 g/mol. The Bertz CT molecular complexity index is 1490. The van der Waals surface area contributed by atoms with E-state index in [-0.39, 0.29) is 6.04 Å². The molecule has 0 saturated carbocycles. The minimum Gasteiger partial charge on any atom is -0.493 e. The second kappa shape index (κ2) is 10.8. The largest absolute Gasteiger partial charge is 0.493 e. The van der Waals surface area contributed by atoms with Crippen LogP contribution in [0.15, 0.2) is 84.9 Å². The van der Waals surface area contributed by atoms with E-state index in [0.29, 0.717) is 30.2 Å². The van der Waals surface area contributed by atoms with Gasteiger partial charge in [0.05, 0.1) is 19.8 Å². The summed E-state index contributed by atoms with van der Waals surface area (Å²) in [6, 6.07) is 27.6. The number of ether oxygens (including phenoxy) is 4. The Balaban J connectivity index is 1.28. The average molecular weight is 522 g/mol. The van der Waals surface area contributed by atoms with Crippen LogP contribution >= 0.6 is 0 Å². The molecule has 4 aromatic rings. The van der Waals surface area contributed by atoms with Gasteiger partial charge < -0.3 is 18.9 Å². The van der Waals surface area contributed by atoms with Crippen molar-refractivity contribution in [3.05, 3.63) is 118 Å². The van der Waals surface area contributed by atoms with E-state index < -0.39 is 5.97 Å². The zero-order valence-electron chi connectivity index (χ0n) is 22.2. The minimum atomic E-state index is -0.397. The van der Waals surface area contributed by atoms with Crippen molar-refractivity contribution < 1.29 is 23.7 Å². The van der Waals surface area contributed by atoms with Crippen LogP contribution in [-0.4, -0.2) is 31.6 Å². The molecule has 1 unspecified atom stereocenters. The quantitative estimate of drug-likeness (QED) is 0.215. The van der Waals surface area contributed by atoms with E-state index in [0.717, 1.165) is 42.0 Å². The molecule has 6 heteroatoms. The molecule has 0 saturated heterocycles. The number of hydrogen-bond donors (Lipinski definition) is 0. The first kappa shape index (κ1) is 25.0. The summed E-state index contributed by atoms with van der Waals surface area (Å²) < 4.78 is 23.5. The fraction of sp³-hybridized carbons (Fsp3) is 0.242. The molecule has 2 aliphatic rings. The van der Waals surface area contributed by atoms with Crippen molar-refractivity contribution in [1.82, 2.24) is 4.90 Å². The third kappa shape index (κ3) is 4.95. The first-order chi connectivity index (χ1) is 19.1. The average Bonchev–Trinajstić information content (AvgIpc) is 2.99. The first-order valence-corrected chi connectivity index (χ1v) is 13.2. The molecule has 2 heterocycles. The summed E-state index contributed by atoms with van der Waals surface area (Å²) in [4.78, 5) is 15.2. The van der Waals surface area contributed by atoms with E-state index in [1.807, 2.05) is 42.5 Å². The van der Waals surface area contributed by atoms with Gasteiger partial charge in [-0.15, -0.1) is 0 Å². The Hall–Kier alpha value is -4.29. The van der Waals surface area contributed by atoms with Crippen molar-refractivity contribution in [3.63, 3.8) is 0 Å². The standard InChI is InChI=1S/C33H31NO5/c1-36-30-18-25-15-16-34-20-27-24(13-14-29(32(27)37-2)39-33(35)23-11-7-4-8-12-23)17-28(34)26(25)19-31(30)38-21-22-9-5-3-6-10-22/h3-14,18-19,28H,15-17,20-21H2,1-2H3. The molecule has 0 aromatic heterocycles. The van der Waals surface area contributed by atoms with Gasteiger partial charge in [-0.25, -0.2) is 4.79 Å². The maximum atomic E-state index is 12.7. The lowest BCUT2D eigenvalue weighted by Gasteiger charge is -2.42. The van der Waals surface area contributed by atoms with E-state index in [4.69, 9.17) is 18.9 Å². The normalized spacial score (nSPS) is 15.9. The van der Waals surface area contributed by atoms with Crippen LogP contribution in [-0.2, 0) is 26.0 Å². The summed E-state index contributed by atoms with van der Waals surface area (Å²) in [6.45, 7) is 2.11. The highest BCUT2D eigenvalue weighted by Gasteiger charge is 2.35. The number of carbonyl (C=O) groups excluding carboxylic acids is 1. The topological polar surface area (TPSA) is 57.2 Å². The van der Waals surface area contributed by atoms with Crippen molar-refractivity contribution in [2.24, 2.45) is 0 Å². The van der Waals surface area contributed by atoms with Gasteiger partial charge in [0.25, 0.3) is 0 Å². The lowest BCUT2D eigenvalue weighted by Crippen LogP contribution is -2.39. The lowest BCUT2D eigenvalue weighted by molar-refractivity contribution is 0.0728. The van der Waals surface area contributed by atoms with Crippen molar-refractivity contribution in [1.29, 1.82) is 0 Å². The number of carbonyl (C=O) groups is 1. The molecular formula is C33H31NO5. The molecule has 39 heavy (non-hydrogen) atoms. The van der Waals surface area contributed by atoms with E-state index in [9.17, 15) is 4.79 Å². The number of esters is 1. The van der Waals surface area contributed by atoms with Gasteiger partial charge >= 0.3 is 5.97 Å². The van der Waals surface area contributed by atoms with Crippen LogP contribution in [0.1, 0.15) is 44.2 Å². The van der Waals surface area contributed by atoms with Gasteiger partial charge in [0, 0.05) is 24.7 Å². The molecule has 198 valence electrons. The molecule has 6 rings (SSSR count). The molecule has 0 amide bonds. The van der Waals surface area contributed by atoms with E-state index in [2.05, 4.69) is 35.2 Å². The number of nitrogens with zero attached hydrogens (tertiary/aromatic N) is 1. The fourth-order valence-electron chi connectivity index (χ4n) is 5.66. The molecule has 0 bridgehead atoms. The Morgan fingerprint density at radius 1 is 0.846 bits per heavy atom. The zero-order chi connectivity index (χ0) is 26.8. The van der Waals surface area contributed by atoms with Crippen LogP contribution in [0.3, 0.4) is 0 Å². The van der Waals surface area contributed by atoms with Crippen LogP contribution in [0.5, 0.6) is 23.0 Å². The molecule has 1 atom stereocenters. The summed E-state index contributed by atoms with van der Waals surface area (Å²) in [5.74, 6) is 2.20. The van der Waals surface area contributed by atoms with E-state index in [1.54, 1.807) is 26.4 Å². The number of fused-ring (bicyclic) bond motifs is 4. The molecule has 4 aromatic carbocycles. The van der Waals surface area contributed by atoms with Crippen molar-refractivity contribution in [2.75, 3.05) is 20.8 Å². The van der Waals surface area contributed by atoms with Crippen molar-refractivity contribution >= 4 is 5.97 Å². The second-order valence-corrected chi connectivity index (χ2v) is 9.91. The van der Waals surface area contributed by atoms with Crippen LogP contribution < -0.4 is 18.9 Å². The lowest BCUT2D eigenvalue weighted by atomic mass is 9.83. The van der Waals surface area contributed by atoms with Crippen LogP contribution in [0.2, 0.25) is 0 Å². The minimum absolute atomic E-state index is 0.216. The number of rotatable bonds is 7. The molecule has 0 radical (unpaired) electrons. The summed E-state index contributed by atoms with van der Waals surface area (Å²) >= 11 is 0. The highest BCUT2D eigenvalue weighted by molar-refractivity contribution is 5.91. The molecule has 6 nitrogen and oxygen atoms in total. The summed E-state index contributed by atoms with van der Waals surface area (Å²) in [5.41, 5.74) is 6.46. The Kier molecular flexibility index (Phi) is 6.95. The maximum absolute atomic E-state index is 12.7. The molecule has 0 N–H and O–H groups in total. The van der Waals surface area contributed by atoms with E-state index in [1.165, 1.54) is 16.7 Å². The Morgan fingerprint density at radius 2 is 1.62 bits per heavy atom. The Labute approximate surface area is 228 Å². The molecule has 0 fully saturated rings. The van der Waals surface area contributed by atoms with Crippen molar-refractivity contribution in [3.8, 4) is 23.0 Å². The summed E-state index contributed by atoms with van der Waals surface area (Å²) in [6.07, 6.45) is 1.75. The van der Waals surface area contributed by atoms with Gasteiger partial charge in [0.2, 0.25) is 0 Å². The molecule has 0 spiro atoms. The number of benzene rings is 4. The van der Waals surface area contributed by atoms with Crippen molar-refractivity contribution in [2.45, 2.75) is 32.0 Å². The predicted octanol–water partition coefficient (Wildman–Crippen LogP) is 6.16. The maximum Gasteiger partial charge on any atom is 0.343 e. The molecule has 2 aliphatic heterocycles. The summed E-state index contributed by atoms with van der Waals surface area (Å²) in [5, 5.41) is 0. The summed E-state index contributed by atoms with van der Waals surface area (Å²) in [7, 11) is 3.33. The first-order valence-electron chi connectivity index (χ1n) is 13.2. The third-order valence-corrected chi connectivity index (χ3v) is 7.64. The van der Waals surface area contributed by atoms with E-state index >= 15 is 0 Å². The van der Waals surface area contributed by atoms with Gasteiger partial charge in [-0.2, -0.15) is 0 Å². The third-order valence-electron chi connectivity index (χ3n) is 7.64. The van der Waals surface area contributed by atoms with Crippen LogP contribution in [0, 0.1) is 0 Å². The highest BCUT2D eigenvalue weighted by atomic mass is 16.6. The van der Waals surface area contributed by atoms with Gasteiger partial charge in [-0.3, -0.25) is 4.90 Å². The van der Waals surface area contributed by atoms with Gasteiger partial charge in [-0.05, 0) is 65.4 Å². The van der Waals surface area contributed by atoms with Gasteiger partial charge in [0.15, 0.2) is 23.0 Å². The molecule has 0 aliphatic carbocycles. The SMILES string of the molecule is COc1cc2c(cc1OCc1ccccc1)C1Cc3ccc(OC(=O)c4ccccc4)c(OC)c3CN1CC2.